The van der Waals surface area contributed by atoms with Gasteiger partial charge in [0.15, 0.2) is 0 Å². The third-order valence-electron chi connectivity index (χ3n) is 2.01. The van der Waals surface area contributed by atoms with Crippen LogP contribution in [0.4, 0.5) is 4.39 Å². The predicted molar refractivity (Wildman–Crippen MR) is 49.5 cm³/mol. The Morgan fingerprint density at radius 3 is 2.36 bits per heavy atom. The average Bonchev–Trinajstić information content (AvgIpc) is 2.18. The van der Waals surface area contributed by atoms with Gasteiger partial charge in [0, 0.05) is 7.05 Å². The lowest BCUT2D eigenvalue weighted by atomic mass is 9.97. The molecule has 0 saturated carbocycles. The maximum absolute atomic E-state index is 13.9. The first-order chi connectivity index (χ1) is 6.46. The van der Waals surface area contributed by atoms with Gasteiger partial charge in [0.1, 0.15) is 0 Å². The van der Waals surface area contributed by atoms with Gasteiger partial charge in [-0.15, -0.1) is 0 Å². The Labute approximate surface area is 81.7 Å². The smallest absolute Gasteiger partial charge is 0.286 e. The van der Waals surface area contributed by atoms with Crippen molar-refractivity contribution >= 4 is 5.91 Å². The van der Waals surface area contributed by atoms with E-state index in [-0.39, 0.29) is 10.6 Å². The van der Waals surface area contributed by atoms with Gasteiger partial charge in [-0.1, -0.05) is 30.3 Å². The molecule has 1 N–H and O–H groups in total. The van der Waals surface area contributed by atoms with Crippen LogP contribution in [0.3, 0.4) is 0 Å². The molecule has 1 atom stereocenters. The van der Waals surface area contributed by atoms with E-state index >= 15 is 0 Å². The van der Waals surface area contributed by atoms with Gasteiger partial charge < -0.3 is 0 Å². The Balaban J connectivity index is 3.02. The lowest BCUT2D eigenvalue weighted by Gasteiger charge is -2.22. The monoisotopic (exact) mass is 197 g/mol. The summed E-state index contributed by atoms with van der Waals surface area (Å²) in [6.07, 6.45) is 0. The Kier molecular flexibility index (Phi) is 2.86. The van der Waals surface area contributed by atoms with Gasteiger partial charge in [-0.2, -0.15) is 0 Å². The van der Waals surface area contributed by atoms with Crippen LogP contribution in [0, 0.1) is 0 Å². The molecule has 0 bridgehead atoms. The molecule has 0 radical (unpaired) electrons. The fraction of sp³-hybridized carbons (Fsp3) is 0.300. The molecule has 0 heterocycles. The quantitative estimate of drug-likeness (QED) is 0.579. The summed E-state index contributed by atoms with van der Waals surface area (Å²) < 4.78 is 13.9. The molecule has 0 aliphatic rings. The highest BCUT2D eigenvalue weighted by atomic mass is 19.1. The van der Waals surface area contributed by atoms with Crippen LogP contribution in [0.15, 0.2) is 30.3 Å². The van der Waals surface area contributed by atoms with E-state index in [4.69, 9.17) is 5.21 Å². The molecular formula is C10H12FNO2. The maximum atomic E-state index is 13.9. The molecule has 0 aromatic heterocycles. The number of carbonyl (C=O) groups excluding carboxylic acids is 1. The molecule has 4 heteroatoms. The Hall–Kier alpha value is -1.42. The number of alkyl halides is 1. The second kappa shape index (κ2) is 3.75. The van der Waals surface area contributed by atoms with Crippen molar-refractivity contribution in [2.24, 2.45) is 0 Å². The van der Waals surface area contributed by atoms with Crippen molar-refractivity contribution in [3.05, 3.63) is 35.9 Å². The molecule has 0 unspecified atom stereocenters. The van der Waals surface area contributed by atoms with Crippen LogP contribution in [0.25, 0.3) is 0 Å². The largest absolute Gasteiger partial charge is 0.287 e. The summed E-state index contributed by atoms with van der Waals surface area (Å²) in [4.78, 5) is 11.3. The first kappa shape index (κ1) is 10.7. The number of hydroxylamine groups is 2. The number of rotatable bonds is 2. The lowest BCUT2D eigenvalue weighted by molar-refractivity contribution is -0.172. The van der Waals surface area contributed by atoms with E-state index in [1.165, 1.54) is 12.1 Å². The number of nitrogens with zero attached hydrogens (tertiary/aromatic N) is 1. The normalized spacial score (nSPS) is 14.6. The van der Waals surface area contributed by atoms with Gasteiger partial charge in [-0.25, -0.2) is 9.45 Å². The van der Waals surface area contributed by atoms with Crippen molar-refractivity contribution in [2.75, 3.05) is 7.05 Å². The number of amides is 1. The van der Waals surface area contributed by atoms with E-state index in [9.17, 15) is 9.18 Å². The van der Waals surface area contributed by atoms with Gasteiger partial charge in [-0.3, -0.25) is 10.0 Å². The van der Waals surface area contributed by atoms with E-state index < -0.39 is 11.6 Å². The van der Waals surface area contributed by atoms with Gasteiger partial charge in [0.2, 0.25) is 5.67 Å². The zero-order chi connectivity index (χ0) is 10.8. The first-order valence-electron chi connectivity index (χ1n) is 4.17. The topological polar surface area (TPSA) is 40.5 Å². The molecule has 1 aromatic rings. The molecule has 0 fully saturated rings. The van der Waals surface area contributed by atoms with Gasteiger partial charge in [-0.05, 0) is 12.5 Å². The number of benzene rings is 1. The summed E-state index contributed by atoms with van der Waals surface area (Å²) in [5.41, 5.74) is -1.96. The summed E-state index contributed by atoms with van der Waals surface area (Å²) in [7, 11) is 1.10. The Morgan fingerprint density at radius 2 is 1.93 bits per heavy atom. The summed E-state index contributed by atoms with van der Waals surface area (Å²) in [5, 5.41) is 9.12. The van der Waals surface area contributed by atoms with E-state index in [1.54, 1.807) is 18.2 Å². The van der Waals surface area contributed by atoms with Crippen LogP contribution in [0.1, 0.15) is 12.5 Å². The standard InChI is InChI=1S/C10H12FNO2/c1-10(11,9(13)12(2)14)8-6-4-3-5-7-8/h3-7,14H,1-2H3/t10-/m0/s1. The fourth-order valence-electron chi connectivity index (χ4n) is 1.18. The molecule has 0 aliphatic heterocycles. The molecule has 0 saturated heterocycles. The second-order valence-electron chi connectivity index (χ2n) is 3.20. The predicted octanol–water partition coefficient (Wildman–Crippen LogP) is 1.72. The molecule has 3 nitrogen and oxygen atoms in total. The minimum absolute atomic E-state index is 0.228. The zero-order valence-electron chi connectivity index (χ0n) is 8.07. The molecule has 1 rings (SSSR count). The second-order valence-corrected chi connectivity index (χ2v) is 3.20. The highest BCUT2D eigenvalue weighted by Gasteiger charge is 2.37. The van der Waals surface area contributed by atoms with E-state index in [0.29, 0.717) is 0 Å². The summed E-state index contributed by atoms with van der Waals surface area (Å²) in [6.45, 7) is 1.12. The van der Waals surface area contributed by atoms with Crippen molar-refractivity contribution in [1.29, 1.82) is 0 Å². The molecular weight excluding hydrogens is 185 g/mol. The van der Waals surface area contributed by atoms with Crippen LogP contribution in [0.5, 0.6) is 0 Å². The van der Waals surface area contributed by atoms with E-state index in [2.05, 4.69) is 0 Å². The minimum Gasteiger partial charge on any atom is -0.286 e. The number of likely N-dealkylation sites (N-methyl/N-ethyl adjacent to an activating group) is 1. The van der Waals surface area contributed by atoms with Crippen LogP contribution in [-0.4, -0.2) is 23.2 Å². The molecule has 14 heavy (non-hydrogen) atoms. The SMILES string of the molecule is CN(O)C(=O)[C@@](C)(F)c1ccccc1. The fourth-order valence-corrected chi connectivity index (χ4v) is 1.18. The summed E-state index contributed by atoms with van der Waals surface area (Å²) in [6, 6.07) is 8.01. The molecule has 76 valence electrons. The third kappa shape index (κ3) is 1.90. The van der Waals surface area contributed by atoms with Crippen molar-refractivity contribution < 1.29 is 14.4 Å². The summed E-state index contributed by atoms with van der Waals surface area (Å²) >= 11 is 0. The first-order valence-corrected chi connectivity index (χ1v) is 4.17. The van der Waals surface area contributed by atoms with Crippen LogP contribution < -0.4 is 0 Å². The van der Waals surface area contributed by atoms with Crippen molar-refractivity contribution in [2.45, 2.75) is 12.6 Å². The van der Waals surface area contributed by atoms with Crippen LogP contribution in [0.2, 0.25) is 0 Å². The maximum Gasteiger partial charge on any atom is 0.287 e. The summed E-state index contributed by atoms with van der Waals surface area (Å²) in [5.74, 6) is -0.983. The molecule has 1 aromatic carbocycles. The zero-order valence-corrected chi connectivity index (χ0v) is 8.07. The van der Waals surface area contributed by atoms with E-state index in [0.717, 1.165) is 14.0 Å². The van der Waals surface area contributed by atoms with Crippen molar-refractivity contribution in [3.63, 3.8) is 0 Å². The highest BCUT2D eigenvalue weighted by Crippen LogP contribution is 2.26. The van der Waals surface area contributed by atoms with Gasteiger partial charge in [0.05, 0.1) is 0 Å². The highest BCUT2D eigenvalue weighted by molar-refractivity contribution is 5.84. The number of carbonyl (C=O) groups is 1. The minimum atomic E-state index is -2.19. The van der Waals surface area contributed by atoms with Crippen LogP contribution >= 0.6 is 0 Å². The van der Waals surface area contributed by atoms with Crippen LogP contribution in [-0.2, 0) is 10.5 Å². The average molecular weight is 197 g/mol. The number of halogens is 1. The number of hydrogen-bond acceptors (Lipinski definition) is 2. The van der Waals surface area contributed by atoms with Crippen molar-refractivity contribution in [1.82, 2.24) is 5.06 Å². The van der Waals surface area contributed by atoms with Gasteiger partial charge >= 0.3 is 0 Å². The van der Waals surface area contributed by atoms with Gasteiger partial charge in [0.25, 0.3) is 5.91 Å². The van der Waals surface area contributed by atoms with Crippen molar-refractivity contribution in [3.8, 4) is 0 Å². The lowest BCUT2D eigenvalue weighted by Crippen LogP contribution is -2.38. The third-order valence-corrected chi connectivity index (χ3v) is 2.01. The Bertz CT molecular complexity index is 322. The van der Waals surface area contributed by atoms with E-state index in [1.807, 2.05) is 0 Å². The Morgan fingerprint density at radius 1 is 1.43 bits per heavy atom. The molecule has 0 spiro atoms. The molecule has 1 amide bonds. The molecule has 0 aliphatic carbocycles. The number of hydrogen-bond donors (Lipinski definition) is 1.